The summed E-state index contributed by atoms with van der Waals surface area (Å²) in [5.41, 5.74) is 1.93. The number of carbonyl (C=O) groups excluding carboxylic acids is 3. The van der Waals surface area contributed by atoms with E-state index < -0.39 is 5.97 Å². The third-order valence-electron chi connectivity index (χ3n) is 3.87. The number of nitrogens with zero attached hydrogens (tertiary/aromatic N) is 3. The molecule has 1 aromatic rings. The van der Waals surface area contributed by atoms with Crippen molar-refractivity contribution >= 4 is 17.8 Å². The van der Waals surface area contributed by atoms with Crippen molar-refractivity contribution in [2.24, 2.45) is 7.05 Å². The highest BCUT2D eigenvalue weighted by Crippen LogP contribution is 2.23. The largest absolute Gasteiger partial charge is 0.466 e. The van der Waals surface area contributed by atoms with Gasteiger partial charge in [0.1, 0.15) is 0 Å². The Balaban J connectivity index is 2.06. The van der Waals surface area contributed by atoms with Crippen LogP contribution in [0.15, 0.2) is 0 Å². The van der Waals surface area contributed by atoms with Gasteiger partial charge in [0.15, 0.2) is 5.69 Å². The minimum atomic E-state index is -0.436. The van der Waals surface area contributed by atoms with Crippen LogP contribution < -0.4 is 0 Å². The minimum Gasteiger partial charge on any atom is -0.466 e. The maximum absolute atomic E-state index is 12.3. The minimum absolute atomic E-state index is 0.0633. The number of aromatic nitrogens is 2. The normalized spacial score (nSPS) is 13.4. The van der Waals surface area contributed by atoms with Gasteiger partial charge in [-0.1, -0.05) is 0 Å². The molecular formula is C16H23N3O5. The summed E-state index contributed by atoms with van der Waals surface area (Å²) in [4.78, 5) is 37.4. The van der Waals surface area contributed by atoms with Gasteiger partial charge in [-0.05, 0) is 13.8 Å². The zero-order valence-corrected chi connectivity index (χ0v) is 14.3. The predicted octanol–water partition coefficient (Wildman–Crippen LogP) is 0.825. The van der Waals surface area contributed by atoms with Gasteiger partial charge in [0.2, 0.25) is 5.91 Å². The van der Waals surface area contributed by atoms with E-state index in [0.29, 0.717) is 31.8 Å². The third-order valence-corrected chi connectivity index (χ3v) is 3.87. The maximum Gasteiger partial charge on any atom is 0.356 e. The van der Waals surface area contributed by atoms with E-state index in [4.69, 9.17) is 9.47 Å². The van der Waals surface area contributed by atoms with Gasteiger partial charge in [0.05, 0.1) is 25.3 Å². The second kappa shape index (κ2) is 7.94. The van der Waals surface area contributed by atoms with Crippen LogP contribution in [0, 0.1) is 0 Å². The van der Waals surface area contributed by atoms with Gasteiger partial charge in [-0.25, -0.2) is 4.79 Å². The smallest absolute Gasteiger partial charge is 0.356 e. The Morgan fingerprint density at radius 1 is 1.12 bits per heavy atom. The highest BCUT2D eigenvalue weighted by atomic mass is 16.5. The van der Waals surface area contributed by atoms with E-state index in [2.05, 4.69) is 5.10 Å². The summed E-state index contributed by atoms with van der Waals surface area (Å²) >= 11 is 0. The van der Waals surface area contributed by atoms with Gasteiger partial charge in [-0.2, -0.15) is 5.10 Å². The van der Waals surface area contributed by atoms with Gasteiger partial charge in [0.25, 0.3) is 0 Å². The van der Waals surface area contributed by atoms with Gasteiger partial charge in [-0.3, -0.25) is 14.3 Å². The first kappa shape index (κ1) is 18.0. The molecule has 0 saturated carbocycles. The Kier molecular flexibility index (Phi) is 5.94. The summed E-state index contributed by atoms with van der Waals surface area (Å²) in [6.07, 6.45) is 0.741. The number of hydrogen-bond donors (Lipinski definition) is 0. The molecule has 1 aliphatic heterocycles. The van der Waals surface area contributed by atoms with Crippen LogP contribution in [0.5, 0.6) is 0 Å². The van der Waals surface area contributed by atoms with E-state index in [-0.39, 0.29) is 31.3 Å². The molecule has 0 bridgehead atoms. The molecule has 24 heavy (non-hydrogen) atoms. The Morgan fingerprint density at radius 2 is 1.83 bits per heavy atom. The number of carbonyl (C=O) groups is 3. The number of rotatable bonds is 6. The topological polar surface area (TPSA) is 90.7 Å². The average molecular weight is 337 g/mol. The summed E-state index contributed by atoms with van der Waals surface area (Å²) < 4.78 is 11.4. The number of aryl methyl sites for hydroxylation is 1. The molecule has 0 saturated heterocycles. The lowest BCUT2D eigenvalue weighted by atomic mass is 10.0. The zero-order chi connectivity index (χ0) is 17.7. The van der Waals surface area contributed by atoms with Crippen molar-refractivity contribution < 1.29 is 23.9 Å². The highest BCUT2D eigenvalue weighted by molar-refractivity contribution is 5.90. The lowest BCUT2D eigenvalue weighted by Crippen LogP contribution is -2.36. The van der Waals surface area contributed by atoms with Gasteiger partial charge in [0, 0.05) is 38.5 Å². The molecule has 8 nitrogen and oxygen atoms in total. The van der Waals surface area contributed by atoms with Crippen LogP contribution in [-0.4, -0.2) is 52.3 Å². The van der Waals surface area contributed by atoms with Crippen LogP contribution in [0.25, 0.3) is 0 Å². The van der Waals surface area contributed by atoms with Crippen LogP contribution in [0.3, 0.4) is 0 Å². The van der Waals surface area contributed by atoms with Crippen LogP contribution in [0.4, 0.5) is 0 Å². The molecule has 0 aromatic carbocycles. The first-order valence-electron chi connectivity index (χ1n) is 8.13. The molecule has 1 aliphatic rings. The Labute approximate surface area is 140 Å². The molecule has 2 heterocycles. The first-order valence-corrected chi connectivity index (χ1v) is 8.13. The van der Waals surface area contributed by atoms with Crippen molar-refractivity contribution in [1.82, 2.24) is 14.7 Å². The van der Waals surface area contributed by atoms with Gasteiger partial charge < -0.3 is 14.4 Å². The third kappa shape index (κ3) is 3.93. The van der Waals surface area contributed by atoms with Crippen molar-refractivity contribution in [2.75, 3.05) is 19.8 Å². The first-order chi connectivity index (χ1) is 11.5. The molecule has 0 atom stereocenters. The Hall–Kier alpha value is -2.38. The van der Waals surface area contributed by atoms with Crippen molar-refractivity contribution in [1.29, 1.82) is 0 Å². The van der Waals surface area contributed by atoms with Crippen molar-refractivity contribution in [3.05, 3.63) is 17.0 Å². The van der Waals surface area contributed by atoms with Gasteiger partial charge in [-0.15, -0.1) is 0 Å². The molecule has 0 spiro atoms. The number of fused-ring (bicyclic) bond motifs is 1. The summed E-state index contributed by atoms with van der Waals surface area (Å²) in [5.74, 6) is -0.945. The van der Waals surface area contributed by atoms with Crippen LogP contribution in [0.2, 0.25) is 0 Å². The lowest BCUT2D eigenvalue weighted by molar-refractivity contribution is -0.145. The van der Waals surface area contributed by atoms with E-state index >= 15 is 0 Å². The second-order valence-electron chi connectivity index (χ2n) is 5.49. The highest BCUT2D eigenvalue weighted by Gasteiger charge is 2.30. The fraction of sp³-hybridized carbons (Fsp3) is 0.625. The summed E-state index contributed by atoms with van der Waals surface area (Å²) in [5, 5.41) is 4.35. The quantitative estimate of drug-likeness (QED) is 0.714. The Morgan fingerprint density at radius 3 is 2.50 bits per heavy atom. The number of esters is 2. The molecule has 0 aliphatic carbocycles. The van der Waals surface area contributed by atoms with Crippen LogP contribution >= 0.6 is 0 Å². The fourth-order valence-electron chi connectivity index (χ4n) is 2.77. The number of amides is 1. The molecule has 0 N–H and O–H groups in total. The molecule has 2 rings (SSSR count). The van der Waals surface area contributed by atoms with Crippen molar-refractivity contribution in [3.63, 3.8) is 0 Å². The van der Waals surface area contributed by atoms with E-state index in [1.807, 2.05) is 0 Å². The monoisotopic (exact) mass is 337 g/mol. The van der Waals surface area contributed by atoms with Crippen LogP contribution in [-0.2, 0) is 39.1 Å². The summed E-state index contributed by atoms with van der Waals surface area (Å²) in [6.45, 7) is 4.88. The number of hydrogen-bond acceptors (Lipinski definition) is 6. The average Bonchev–Trinajstić information content (AvgIpc) is 2.88. The molecule has 8 heteroatoms. The number of ether oxygens (including phenoxy) is 2. The van der Waals surface area contributed by atoms with E-state index in [1.165, 1.54) is 4.68 Å². The Bertz CT molecular complexity index is 638. The van der Waals surface area contributed by atoms with Crippen molar-refractivity contribution in [2.45, 2.75) is 39.7 Å². The lowest BCUT2D eigenvalue weighted by Gasteiger charge is -2.26. The molecule has 0 radical (unpaired) electrons. The fourth-order valence-corrected chi connectivity index (χ4v) is 2.77. The van der Waals surface area contributed by atoms with Crippen molar-refractivity contribution in [3.8, 4) is 0 Å². The standard InChI is InChI=1S/C16H23N3O5/c1-4-23-14(21)7-6-13(20)19-9-8-12-11(10-19)15(18(3)17-12)16(22)24-5-2/h4-10H2,1-3H3. The summed E-state index contributed by atoms with van der Waals surface area (Å²) in [6, 6.07) is 0. The molecule has 132 valence electrons. The maximum atomic E-state index is 12.3. The second-order valence-corrected chi connectivity index (χ2v) is 5.49. The molecule has 0 fully saturated rings. The molecule has 0 unspecified atom stereocenters. The summed E-state index contributed by atoms with van der Waals surface area (Å²) in [7, 11) is 1.69. The zero-order valence-electron chi connectivity index (χ0n) is 14.3. The van der Waals surface area contributed by atoms with Gasteiger partial charge >= 0.3 is 11.9 Å². The SMILES string of the molecule is CCOC(=O)CCC(=O)N1CCc2nn(C)c(C(=O)OCC)c2C1. The molecular weight excluding hydrogens is 314 g/mol. The predicted molar refractivity (Wildman–Crippen MR) is 84.2 cm³/mol. The molecule has 1 amide bonds. The van der Waals surface area contributed by atoms with E-state index in [0.717, 1.165) is 11.3 Å². The molecule has 1 aromatic heterocycles. The van der Waals surface area contributed by atoms with E-state index in [1.54, 1.807) is 25.8 Å². The van der Waals surface area contributed by atoms with Crippen LogP contribution in [0.1, 0.15) is 48.4 Å². The van der Waals surface area contributed by atoms with E-state index in [9.17, 15) is 14.4 Å².